The van der Waals surface area contributed by atoms with Crippen molar-refractivity contribution in [1.82, 2.24) is 0 Å². The van der Waals surface area contributed by atoms with Crippen LogP contribution in [0.4, 0.5) is 0 Å². The molecule has 21 heavy (non-hydrogen) atoms. The van der Waals surface area contributed by atoms with Crippen molar-refractivity contribution in [3.05, 3.63) is 72.3 Å². The fraction of sp³-hybridized carbons (Fsp3) is 0.176. The molecule has 0 aliphatic heterocycles. The maximum absolute atomic E-state index is 6.04. The zero-order chi connectivity index (χ0) is 15.1. The maximum atomic E-state index is 6.04. The molecule has 0 bridgehead atoms. The largest absolute Gasteiger partial charge is 0.536 e. The molecule has 0 heterocycles. The van der Waals surface area contributed by atoms with Gasteiger partial charge in [-0.15, -0.1) is 0 Å². The molecule has 0 N–H and O–H groups in total. The van der Waals surface area contributed by atoms with Crippen LogP contribution in [0.2, 0.25) is 0 Å². The van der Waals surface area contributed by atoms with Crippen molar-refractivity contribution in [2.24, 2.45) is 0 Å². The van der Waals surface area contributed by atoms with Crippen LogP contribution < -0.4 is 5.19 Å². The molecule has 2 aromatic rings. The van der Waals surface area contributed by atoms with E-state index in [0.717, 1.165) is 16.3 Å². The summed E-state index contributed by atoms with van der Waals surface area (Å²) < 4.78 is 17.3. The maximum Gasteiger partial charge on any atom is 0.536 e. The minimum absolute atomic E-state index is 0.456. The van der Waals surface area contributed by atoms with Crippen LogP contribution >= 0.6 is 0 Å². The SMILES string of the molecule is C=Cc1ccc([Si](OC)(OC)OCc2ccccc2)cc1. The lowest BCUT2D eigenvalue weighted by atomic mass is 10.2. The van der Waals surface area contributed by atoms with Crippen LogP contribution in [-0.2, 0) is 19.9 Å². The second-order valence-electron chi connectivity index (χ2n) is 4.56. The predicted octanol–water partition coefficient (Wildman–Crippen LogP) is 2.99. The van der Waals surface area contributed by atoms with Gasteiger partial charge in [-0.3, -0.25) is 0 Å². The van der Waals surface area contributed by atoms with Crippen molar-refractivity contribution >= 4 is 20.1 Å². The molecule has 0 saturated carbocycles. The van der Waals surface area contributed by atoms with Crippen molar-refractivity contribution in [3.8, 4) is 0 Å². The van der Waals surface area contributed by atoms with E-state index in [2.05, 4.69) is 6.58 Å². The van der Waals surface area contributed by atoms with Crippen LogP contribution in [0.15, 0.2) is 61.2 Å². The molecule has 2 rings (SSSR count). The van der Waals surface area contributed by atoms with Crippen molar-refractivity contribution < 1.29 is 13.3 Å². The number of hydrogen-bond acceptors (Lipinski definition) is 3. The molecule has 4 heteroatoms. The third kappa shape index (κ3) is 3.68. The van der Waals surface area contributed by atoms with E-state index in [1.165, 1.54) is 0 Å². The highest BCUT2D eigenvalue weighted by atomic mass is 28.4. The third-order valence-electron chi connectivity index (χ3n) is 3.31. The van der Waals surface area contributed by atoms with Crippen LogP contribution in [0, 0.1) is 0 Å². The van der Waals surface area contributed by atoms with E-state index in [1.54, 1.807) is 20.3 Å². The summed E-state index contributed by atoms with van der Waals surface area (Å²) in [5.41, 5.74) is 2.14. The molecular weight excluding hydrogens is 280 g/mol. The van der Waals surface area contributed by atoms with Gasteiger partial charge in [-0.1, -0.05) is 67.3 Å². The van der Waals surface area contributed by atoms with Crippen molar-refractivity contribution in [2.75, 3.05) is 14.2 Å². The first kappa shape index (κ1) is 15.7. The first-order valence-corrected chi connectivity index (χ1v) is 8.47. The summed E-state index contributed by atoms with van der Waals surface area (Å²) >= 11 is 0. The molecule has 0 aliphatic rings. The molecule has 0 aromatic heterocycles. The Morgan fingerprint density at radius 2 is 1.57 bits per heavy atom. The first-order valence-electron chi connectivity index (χ1n) is 6.75. The smallest absolute Gasteiger partial charge is 0.373 e. The average molecular weight is 300 g/mol. The van der Waals surface area contributed by atoms with Gasteiger partial charge >= 0.3 is 8.80 Å². The molecule has 0 atom stereocenters. The Morgan fingerprint density at radius 3 is 2.10 bits per heavy atom. The first-order chi connectivity index (χ1) is 10.2. The van der Waals surface area contributed by atoms with Crippen LogP contribution in [0.5, 0.6) is 0 Å². The second kappa shape index (κ2) is 7.33. The quantitative estimate of drug-likeness (QED) is 0.736. The second-order valence-corrected chi connectivity index (χ2v) is 7.36. The Labute approximate surface area is 127 Å². The molecule has 0 radical (unpaired) electrons. The summed E-state index contributed by atoms with van der Waals surface area (Å²) in [4.78, 5) is 0. The highest BCUT2D eigenvalue weighted by Crippen LogP contribution is 2.13. The average Bonchev–Trinajstić information content (AvgIpc) is 2.58. The lowest BCUT2D eigenvalue weighted by Gasteiger charge is -2.26. The summed E-state index contributed by atoms with van der Waals surface area (Å²) in [7, 11) is 0.382. The zero-order valence-electron chi connectivity index (χ0n) is 12.4. The molecule has 0 spiro atoms. The van der Waals surface area contributed by atoms with Gasteiger partial charge in [0.1, 0.15) is 0 Å². The molecule has 0 amide bonds. The summed E-state index contributed by atoms with van der Waals surface area (Å²) in [6.07, 6.45) is 1.80. The zero-order valence-corrected chi connectivity index (χ0v) is 13.4. The molecular formula is C17H20O3Si. The van der Waals surface area contributed by atoms with E-state index in [1.807, 2.05) is 54.6 Å². The van der Waals surface area contributed by atoms with Crippen molar-refractivity contribution in [1.29, 1.82) is 0 Å². The fourth-order valence-electron chi connectivity index (χ4n) is 2.10. The van der Waals surface area contributed by atoms with Gasteiger partial charge < -0.3 is 13.3 Å². The molecule has 2 aromatic carbocycles. The Hall–Kier alpha value is -1.72. The molecule has 0 saturated heterocycles. The molecule has 0 unspecified atom stereocenters. The standard InChI is InChI=1S/C17H20O3Si/c1-4-15-10-12-17(13-11-15)21(18-2,19-3)20-14-16-8-6-5-7-9-16/h4-13H,1,14H2,2-3H3. The van der Waals surface area contributed by atoms with Crippen molar-refractivity contribution in [2.45, 2.75) is 6.61 Å². The topological polar surface area (TPSA) is 27.7 Å². The van der Waals surface area contributed by atoms with E-state index in [-0.39, 0.29) is 0 Å². The lowest BCUT2D eigenvalue weighted by molar-refractivity contribution is 0.107. The minimum Gasteiger partial charge on any atom is -0.373 e. The molecule has 3 nitrogen and oxygen atoms in total. The number of benzene rings is 2. The summed E-state index contributed by atoms with van der Waals surface area (Å²) in [5.74, 6) is 0. The summed E-state index contributed by atoms with van der Waals surface area (Å²) in [5, 5.41) is 0.939. The van der Waals surface area contributed by atoms with Crippen LogP contribution in [0.3, 0.4) is 0 Å². The molecule has 110 valence electrons. The minimum atomic E-state index is -2.87. The van der Waals surface area contributed by atoms with Crippen LogP contribution in [-0.4, -0.2) is 23.0 Å². The Bertz CT molecular complexity index is 562. The van der Waals surface area contributed by atoms with Gasteiger partial charge in [0.2, 0.25) is 0 Å². The Kier molecular flexibility index (Phi) is 5.47. The van der Waals surface area contributed by atoms with Crippen LogP contribution in [0.25, 0.3) is 6.08 Å². The summed E-state index contributed by atoms with van der Waals surface area (Å²) in [6.45, 7) is 4.21. The van der Waals surface area contributed by atoms with E-state index >= 15 is 0 Å². The van der Waals surface area contributed by atoms with Gasteiger partial charge in [-0.05, 0) is 11.1 Å². The molecule has 0 fully saturated rings. The monoisotopic (exact) mass is 300 g/mol. The van der Waals surface area contributed by atoms with Gasteiger partial charge in [-0.2, -0.15) is 0 Å². The normalized spacial score (nSPS) is 11.3. The third-order valence-corrected chi connectivity index (χ3v) is 5.95. The highest BCUT2D eigenvalue weighted by Gasteiger charge is 2.41. The van der Waals surface area contributed by atoms with E-state index < -0.39 is 8.80 Å². The van der Waals surface area contributed by atoms with Gasteiger partial charge in [-0.25, -0.2) is 0 Å². The van der Waals surface area contributed by atoms with Gasteiger partial charge in [0, 0.05) is 19.4 Å². The van der Waals surface area contributed by atoms with Gasteiger partial charge in [0.15, 0.2) is 0 Å². The number of hydrogen-bond donors (Lipinski definition) is 0. The van der Waals surface area contributed by atoms with E-state index in [9.17, 15) is 0 Å². The Balaban J connectivity index is 2.20. The lowest BCUT2D eigenvalue weighted by Crippen LogP contribution is -2.55. The predicted molar refractivity (Wildman–Crippen MR) is 87.2 cm³/mol. The van der Waals surface area contributed by atoms with E-state index in [0.29, 0.717) is 6.61 Å². The van der Waals surface area contributed by atoms with Crippen molar-refractivity contribution in [3.63, 3.8) is 0 Å². The fourth-order valence-corrected chi connectivity index (χ4v) is 4.07. The van der Waals surface area contributed by atoms with Gasteiger partial charge in [0.25, 0.3) is 0 Å². The van der Waals surface area contributed by atoms with Crippen LogP contribution in [0.1, 0.15) is 11.1 Å². The number of rotatable bonds is 7. The highest BCUT2D eigenvalue weighted by molar-refractivity contribution is 6.75. The van der Waals surface area contributed by atoms with E-state index in [4.69, 9.17) is 13.3 Å². The van der Waals surface area contributed by atoms with Gasteiger partial charge in [0.05, 0.1) is 6.61 Å². The molecule has 0 aliphatic carbocycles. The Morgan fingerprint density at radius 1 is 0.952 bits per heavy atom. The summed E-state index contributed by atoms with van der Waals surface area (Å²) in [6, 6.07) is 17.9.